The summed E-state index contributed by atoms with van der Waals surface area (Å²) >= 11 is 10.8. The molecular weight excluding hydrogens is 452 g/mol. The molecule has 0 saturated heterocycles. The maximum absolute atomic E-state index is 6.12. The van der Waals surface area contributed by atoms with E-state index >= 15 is 0 Å². The van der Waals surface area contributed by atoms with Crippen molar-refractivity contribution >= 4 is 39.3 Å². The Hall–Kier alpha value is -2.36. The average molecular weight is 464 g/mol. The highest BCUT2D eigenvalue weighted by Gasteiger charge is 2.15. The highest BCUT2D eigenvalue weighted by atomic mass is 79.9. The summed E-state index contributed by atoms with van der Waals surface area (Å²) in [6.07, 6.45) is 0. The Kier molecular flexibility index (Phi) is 5.15. The molecule has 0 amide bonds. The zero-order chi connectivity index (χ0) is 18.8. The molecule has 2 heterocycles. The van der Waals surface area contributed by atoms with Crippen LogP contribution in [0.2, 0.25) is 5.02 Å². The van der Waals surface area contributed by atoms with Crippen LogP contribution in [0.25, 0.3) is 22.8 Å². The molecule has 27 heavy (non-hydrogen) atoms. The summed E-state index contributed by atoms with van der Waals surface area (Å²) in [4.78, 5) is 0. The molecule has 0 bridgehead atoms. The Balaban J connectivity index is 1.47. The van der Waals surface area contributed by atoms with E-state index < -0.39 is 0 Å². The molecule has 0 saturated carbocycles. The van der Waals surface area contributed by atoms with Crippen LogP contribution >= 0.6 is 39.3 Å². The Morgan fingerprint density at radius 1 is 1.04 bits per heavy atom. The smallest absolute Gasteiger partial charge is 0.247 e. The van der Waals surface area contributed by atoms with Gasteiger partial charge in [-0.25, -0.2) is 4.68 Å². The number of nitrogens with zero attached hydrogens (tertiary/aromatic N) is 5. The van der Waals surface area contributed by atoms with Crippen LogP contribution in [0.4, 0.5) is 0 Å². The zero-order valence-electron chi connectivity index (χ0n) is 13.7. The number of benzene rings is 2. The Labute approximate surface area is 172 Å². The van der Waals surface area contributed by atoms with Crippen LogP contribution in [0.3, 0.4) is 0 Å². The second kappa shape index (κ2) is 7.71. The Morgan fingerprint density at radius 2 is 1.85 bits per heavy atom. The predicted molar refractivity (Wildman–Crippen MR) is 108 cm³/mol. The molecule has 4 aromatic rings. The van der Waals surface area contributed by atoms with Gasteiger partial charge in [-0.3, -0.25) is 0 Å². The predicted octanol–water partition coefficient (Wildman–Crippen LogP) is 4.42. The molecule has 2 aromatic heterocycles. The maximum Gasteiger partial charge on any atom is 0.247 e. The topological polar surface area (TPSA) is 95.7 Å². The molecule has 0 atom stereocenters. The minimum Gasteiger partial charge on any atom is -0.420 e. The summed E-state index contributed by atoms with van der Waals surface area (Å²) in [6, 6.07) is 14.9. The van der Waals surface area contributed by atoms with Gasteiger partial charge in [0.1, 0.15) is 0 Å². The lowest BCUT2D eigenvalue weighted by Crippen LogP contribution is -2.11. The number of thioether (sulfide) groups is 1. The minimum atomic E-state index is 0.425. The van der Waals surface area contributed by atoms with Gasteiger partial charge in [0, 0.05) is 20.6 Å². The number of nitrogen functional groups attached to an aromatic ring is 1. The van der Waals surface area contributed by atoms with E-state index in [1.54, 1.807) is 12.1 Å². The maximum atomic E-state index is 6.12. The summed E-state index contributed by atoms with van der Waals surface area (Å²) in [5.74, 6) is 8.01. The molecule has 2 N–H and O–H groups in total. The molecule has 0 radical (unpaired) electrons. The second-order valence-corrected chi connectivity index (χ2v) is 7.78. The van der Waals surface area contributed by atoms with Gasteiger partial charge in [0.15, 0.2) is 5.82 Å². The van der Waals surface area contributed by atoms with Crippen molar-refractivity contribution in [1.29, 1.82) is 0 Å². The van der Waals surface area contributed by atoms with Gasteiger partial charge in [-0.1, -0.05) is 51.4 Å². The van der Waals surface area contributed by atoms with Crippen molar-refractivity contribution in [2.45, 2.75) is 10.9 Å². The van der Waals surface area contributed by atoms with E-state index in [1.807, 2.05) is 36.4 Å². The zero-order valence-corrected chi connectivity index (χ0v) is 16.9. The SMILES string of the molecule is Nn1c(SCc2nnc(-c3ccc(Br)cc3)o2)nnc1-c1cccc(Cl)c1. The summed E-state index contributed by atoms with van der Waals surface area (Å²) < 4.78 is 8.11. The van der Waals surface area contributed by atoms with Crippen molar-refractivity contribution in [2.24, 2.45) is 0 Å². The van der Waals surface area contributed by atoms with Gasteiger partial charge in [-0.2, -0.15) is 0 Å². The number of hydrogen-bond donors (Lipinski definition) is 1. The fraction of sp³-hybridized carbons (Fsp3) is 0.0588. The van der Waals surface area contributed by atoms with E-state index in [0.29, 0.717) is 33.5 Å². The molecule has 0 spiro atoms. The third-order valence-electron chi connectivity index (χ3n) is 3.63. The molecule has 10 heteroatoms. The van der Waals surface area contributed by atoms with Crippen molar-refractivity contribution in [2.75, 3.05) is 5.84 Å². The van der Waals surface area contributed by atoms with Crippen LogP contribution in [-0.4, -0.2) is 25.1 Å². The largest absolute Gasteiger partial charge is 0.420 e. The monoisotopic (exact) mass is 462 g/mol. The number of aromatic nitrogens is 5. The van der Waals surface area contributed by atoms with E-state index in [9.17, 15) is 0 Å². The molecule has 7 nitrogen and oxygen atoms in total. The van der Waals surface area contributed by atoms with E-state index in [1.165, 1.54) is 16.4 Å². The Bertz CT molecular complexity index is 1080. The molecule has 0 unspecified atom stereocenters. The number of halogens is 2. The van der Waals surface area contributed by atoms with Crippen molar-refractivity contribution in [3.63, 3.8) is 0 Å². The third kappa shape index (κ3) is 4.00. The van der Waals surface area contributed by atoms with Gasteiger partial charge in [0.25, 0.3) is 0 Å². The third-order valence-corrected chi connectivity index (χ3v) is 5.32. The van der Waals surface area contributed by atoms with Crippen molar-refractivity contribution in [1.82, 2.24) is 25.1 Å². The summed E-state index contributed by atoms with van der Waals surface area (Å²) in [7, 11) is 0. The first-order valence-electron chi connectivity index (χ1n) is 7.78. The fourth-order valence-corrected chi connectivity index (χ4v) is 3.50. The van der Waals surface area contributed by atoms with Crippen LogP contribution < -0.4 is 5.84 Å². The first-order chi connectivity index (χ1) is 13.1. The van der Waals surface area contributed by atoms with Crippen LogP contribution in [-0.2, 0) is 5.75 Å². The summed E-state index contributed by atoms with van der Waals surface area (Å²) in [5, 5.41) is 17.6. The van der Waals surface area contributed by atoms with Crippen LogP contribution in [0.1, 0.15) is 5.89 Å². The summed E-state index contributed by atoms with van der Waals surface area (Å²) in [5.41, 5.74) is 1.65. The van der Waals surface area contributed by atoms with E-state index in [0.717, 1.165) is 15.6 Å². The number of nitrogens with two attached hydrogens (primary N) is 1. The molecule has 0 aliphatic rings. The molecule has 4 rings (SSSR count). The number of hydrogen-bond acceptors (Lipinski definition) is 7. The first kappa shape index (κ1) is 18.0. The lowest BCUT2D eigenvalue weighted by molar-refractivity contribution is 0.528. The van der Waals surface area contributed by atoms with E-state index in [4.69, 9.17) is 21.9 Å². The van der Waals surface area contributed by atoms with Crippen molar-refractivity contribution in [3.05, 3.63) is 63.9 Å². The molecule has 136 valence electrons. The van der Waals surface area contributed by atoms with Crippen LogP contribution in [0.5, 0.6) is 0 Å². The van der Waals surface area contributed by atoms with Gasteiger partial charge in [-0.05, 0) is 36.4 Å². The fourth-order valence-electron chi connectivity index (χ4n) is 2.35. The van der Waals surface area contributed by atoms with E-state index in [2.05, 4.69) is 36.3 Å². The lowest BCUT2D eigenvalue weighted by atomic mass is 10.2. The van der Waals surface area contributed by atoms with Gasteiger partial charge in [0.2, 0.25) is 16.9 Å². The number of rotatable bonds is 5. The van der Waals surface area contributed by atoms with Crippen LogP contribution in [0, 0.1) is 0 Å². The molecular formula is C17H12BrClN6OS. The van der Waals surface area contributed by atoms with Gasteiger partial charge in [0.05, 0.1) is 5.75 Å². The van der Waals surface area contributed by atoms with Crippen molar-refractivity contribution in [3.8, 4) is 22.8 Å². The molecule has 0 aliphatic heterocycles. The van der Waals surface area contributed by atoms with Gasteiger partial charge < -0.3 is 10.3 Å². The van der Waals surface area contributed by atoms with E-state index in [-0.39, 0.29) is 0 Å². The molecule has 0 fully saturated rings. The molecule has 2 aromatic carbocycles. The quantitative estimate of drug-likeness (QED) is 0.346. The first-order valence-corrected chi connectivity index (χ1v) is 9.93. The van der Waals surface area contributed by atoms with Gasteiger partial charge in [-0.15, -0.1) is 20.4 Å². The summed E-state index contributed by atoms with van der Waals surface area (Å²) in [6.45, 7) is 0. The van der Waals surface area contributed by atoms with Crippen molar-refractivity contribution < 1.29 is 4.42 Å². The standard InChI is InChI=1S/C17H12BrClN6OS/c18-12-6-4-10(5-7-12)16-23-21-14(26-16)9-27-17-24-22-15(25(17)20)11-2-1-3-13(19)8-11/h1-8H,9,20H2. The second-order valence-electron chi connectivity index (χ2n) is 5.48. The normalized spacial score (nSPS) is 11.0. The van der Waals surface area contributed by atoms with Crippen LogP contribution in [0.15, 0.2) is 62.6 Å². The van der Waals surface area contributed by atoms with Gasteiger partial charge >= 0.3 is 0 Å². The highest BCUT2D eigenvalue weighted by molar-refractivity contribution is 9.10. The Morgan fingerprint density at radius 3 is 2.63 bits per heavy atom. The average Bonchev–Trinajstić information content (AvgIpc) is 3.27. The highest BCUT2D eigenvalue weighted by Crippen LogP contribution is 2.27. The minimum absolute atomic E-state index is 0.425. The lowest BCUT2D eigenvalue weighted by Gasteiger charge is -2.03. The molecule has 0 aliphatic carbocycles.